The molecule has 0 heterocycles. The Morgan fingerprint density at radius 1 is 1.24 bits per heavy atom. The van der Waals surface area contributed by atoms with Gasteiger partial charge in [-0.15, -0.1) is 12.3 Å². The Morgan fingerprint density at radius 2 is 1.94 bits per heavy atom. The Bertz CT molecular complexity index is 256. The van der Waals surface area contributed by atoms with Crippen LogP contribution < -0.4 is 5.32 Å². The minimum absolute atomic E-state index is 0.469. The van der Waals surface area contributed by atoms with E-state index in [0.717, 1.165) is 12.3 Å². The van der Waals surface area contributed by atoms with Crippen LogP contribution in [0.3, 0.4) is 0 Å². The highest BCUT2D eigenvalue weighted by Gasteiger charge is 2.27. The van der Waals surface area contributed by atoms with Gasteiger partial charge in [-0.25, -0.2) is 0 Å². The van der Waals surface area contributed by atoms with Crippen molar-refractivity contribution >= 4 is 0 Å². The molecular weight excluding hydrogens is 206 g/mol. The molecule has 3 unspecified atom stereocenters. The molecule has 17 heavy (non-hydrogen) atoms. The van der Waals surface area contributed by atoms with E-state index in [1.807, 2.05) is 0 Å². The molecule has 1 nitrogen and oxygen atoms in total. The highest BCUT2D eigenvalue weighted by molar-refractivity contribution is 4.90. The summed E-state index contributed by atoms with van der Waals surface area (Å²) in [6, 6.07) is 1.15. The molecule has 0 amide bonds. The van der Waals surface area contributed by atoms with Gasteiger partial charge in [-0.3, -0.25) is 0 Å². The average Bonchev–Trinajstić information content (AvgIpc) is 2.42. The third kappa shape index (κ3) is 5.13. The van der Waals surface area contributed by atoms with Crippen LogP contribution in [-0.2, 0) is 0 Å². The first-order chi connectivity index (χ1) is 7.93. The Morgan fingerprint density at radius 3 is 2.53 bits per heavy atom. The topological polar surface area (TPSA) is 12.0 Å². The SMILES string of the molecule is C#CCC(C)NC1CCCC(C(C)(C)C)CC1. The van der Waals surface area contributed by atoms with Crippen LogP contribution in [0.25, 0.3) is 0 Å². The van der Waals surface area contributed by atoms with Gasteiger partial charge in [0.2, 0.25) is 0 Å². The Balaban J connectivity index is 2.40. The van der Waals surface area contributed by atoms with Crippen molar-refractivity contribution in [2.45, 2.75) is 78.3 Å². The number of hydrogen-bond acceptors (Lipinski definition) is 1. The van der Waals surface area contributed by atoms with E-state index >= 15 is 0 Å². The minimum atomic E-state index is 0.469. The lowest BCUT2D eigenvalue weighted by atomic mass is 9.76. The molecule has 1 heteroatoms. The number of hydrogen-bond donors (Lipinski definition) is 1. The first kappa shape index (κ1) is 14.6. The van der Waals surface area contributed by atoms with E-state index in [4.69, 9.17) is 6.42 Å². The van der Waals surface area contributed by atoms with Gasteiger partial charge in [0.05, 0.1) is 0 Å². The van der Waals surface area contributed by atoms with Gasteiger partial charge in [-0.2, -0.15) is 0 Å². The summed E-state index contributed by atoms with van der Waals surface area (Å²) in [6.07, 6.45) is 13.0. The molecule has 0 aromatic heterocycles. The lowest BCUT2D eigenvalue weighted by Crippen LogP contribution is -2.36. The molecule has 1 aliphatic rings. The summed E-state index contributed by atoms with van der Waals surface area (Å²) in [7, 11) is 0. The molecule has 0 radical (unpaired) electrons. The summed E-state index contributed by atoms with van der Waals surface area (Å²) in [5.74, 6) is 3.63. The second kappa shape index (κ2) is 6.45. The average molecular weight is 235 g/mol. The molecule has 1 rings (SSSR count). The lowest BCUT2D eigenvalue weighted by Gasteiger charge is -2.30. The number of rotatable bonds is 3. The first-order valence-electron chi connectivity index (χ1n) is 7.13. The fraction of sp³-hybridized carbons (Fsp3) is 0.875. The quantitative estimate of drug-likeness (QED) is 0.576. The molecule has 1 aliphatic carbocycles. The van der Waals surface area contributed by atoms with Gasteiger partial charge in [0, 0.05) is 18.5 Å². The Hall–Kier alpha value is -0.480. The van der Waals surface area contributed by atoms with Crippen LogP contribution in [0.2, 0.25) is 0 Å². The smallest absolute Gasteiger partial charge is 0.0238 e. The first-order valence-corrected chi connectivity index (χ1v) is 7.13. The fourth-order valence-electron chi connectivity index (χ4n) is 2.97. The summed E-state index contributed by atoms with van der Waals surface area (Å²) in [5.41, 5.74) is 0.472. The van der Waals surface area contributed by atoms with Gasteiger partial charge in [-0.05, 0) is 43.9 Å². The zero-order valence-corrected chi connectivity index (χ0v) is 12.1. The van der Waals surface area contributed by atoms with Crippen LogP contribution >= 0.6 is 0 Å². The third-order valence-corrected chi connectivity index (χ3v) is 4.14. The second-order valence-corrected chi connectivity index (χ2v) is 6.74. The van der Waals surface area contributed by atoms with Gasteiger partial charge in [-0.1, -0.05) is 27.2 Å². The maximum atomic E-state index is 5.35. The van der Waals surface area contributed by atoms with Gasteiger partial charge < -0.3 is 5.32 Å². The van der Waals surface area contributed by atoms with E-state index in [1.165, 1.54) is 32.1 Å². The molecule has 0 bridgehead atoms. The molecular formula is C16H29N. The van der Waals surface area contributed by atoms with Crippen molar-refractivity contribution < 1.29 is 0 Å². The normalized spacial score (nSPS) is 28.2. The van der Waals surface area contributed by atoms with Crippen LogP contribution in [-0.4, -0.2) is 12.1 Å². The van der Waals surface area contributed by atoms with Crippen LogP contribution in [0.15, 0.2) is 0 Å². The number of terminal acetylenes is 1. The second-order valence-electron chi connectivity index (χ2n) is 6.74. The van der Waals surface area contributed by atoms with E-state index in [-0.39, 0.29) is 0 Å². The van der Waals surface area contributed by atoms with Crippen molar-refractivity contribution in [3.05, 3.63) is 0 Å². The molecule has 1 saturated carbocycles. The summed E-state index contributed by atoms with van der Waals surface area (Å²) >= 11 is 0. The number of nitrogens with one attached hydrogen (secondary N) is 1. The summed E-state index contributed by atoms with van der Waals surface area (Å²) < 4.78 is 0. The van der Waals surface area contributed by atoms with Crippen molar-refractivity contribution in [1.82, 2.24) is 5.32 Å². The molecule has 98 valence electrons. The van der Waals surface area contributed by atoms with Crippen molar-refractivity contribution in [3.63, 3.8) is 0 Å². The Kier molecular flexibility index (Phi) is 5.53. The van der Waals surface area contributed by atoms with Gasteiger partial charge in [0.1, 0.15) is 0 Å². The van der Waals surface area contributed by atoms with Crippen LogP contribution in [0.4, 0.5) is 0 Å². The minimum Gasteiger partial charge on any atom is -0.311 e. The van der Waals surface area contributed by atoms with Gasteiger partial charge in [0.15, 0.2) is 0 Å². The van der Waals surface area contributed by atoms with Crippen LogP contribution in [0.5, 0.6) is 0 Å². The molecule has 1 N–H and O–H groups in total. The van der Waals surface area contributed by atoms with E-state index < -0.39 is 0 Å². The van der Waals surface area contributed by atoms with Crippen molar-refractivity contribution in [1.29, 1.82) is 0 Å². The molecule has 0 saturated heterocycles. The zero-order valence-electron chi connectivity index (χ0n) is 12.1. The molecule has 0 aromatic rings. The maximum absolute atomic E-state index is 5.35. The largest absolute Gasteiger partial charge is 0.311 e. The predicted molar refractivity (Wildman–Crippen MR) is 75.9 cm³/mol. The van der Waals surface area contributed by atoms with E-state index in [9.17, 15) is 0 Å². The molecule has 1 fully saturated rings. The lowest BCUT2D eigenvalue weighted by molar-refractivity contribution is 0.213. The van der Waals surface area contributed by atoms with Crippen LogP contribution in [0.1, 0.15) is 66.2 Å². The van der Waals surface area contributed by atoms with E-state index in [2.05, 4.69) is 38.9 Å². The highest BCUT2D eigenvalue weighted by Crippen LogP contribution is 2.36. The molecule has 0 aliphatic heterocycles. The molecule has 3 atom stereocenters. The standard InChI is InChI=1S/C16H29N/c1-6-8-13(2)17-15-10-7-9-14(11-12-15)16(3,4)5/h1,13-15,17H,7-12H2,2-5H3. The van der Waals surface area contributed by atoms with Gasteiger partial charge >= 0.3 is 0 Å². The maximum Gasteiger partial charge on any atom is 0.0238 e. The zero-order chi connectivity index (χ0) is 12.9. The van der Waals surface area contributed by atoms with Gasteiger partial charge in [0.25, 0.3) is 0 Å². The van der Waals surface area contributed by atoms with Crippen LogP contribution in [0, 0.1) is 23.7 Å². The fourth-order valence-corrected chi connectivity index (χ4v) is 2.97. The monoisotopic (exact) mass is 235 g/mol. The van der Waals surface area contributed by atoms with E-state index in [1.54, 1.807) is 0 Å². The summed E-state index contributed by atoms with van der Waals surface area (Å²) in [6.45, 7) is 9.34. The predicted octanol–water partition coefficient (Wildman–Crippen LogP) is 3.98. The highest BCUT2D eigenvalue weighted by atomic mass is 14.9. The van der Waals surface area contributed by atoms with E-state index in [0.29, 0.717) is 17.5 Å². The summed E-state index contributed by atoms with van der Waals surface area (Å²) in [5, 5.41) is 3.69. The van der Waals surface area contributed by atoms with Crippen molar-refractivity contribution in [2.75, 3.05) is 0 Å². The third-order valence-electron chi connectivity index (χ3n) is 4.14. The summed E-state index contributed by atoms with van der Waals surface area (Å²) in [4.78, 5) is 0. The van der Waals surface area contributed by atoms with Crippen molar-refractivity contribution in [2.24, 2.45) is 11.3 Å². The van der Waals surface area contributed by atoms with Crippen molar-refractivity contribution in [3.8, 4) is 12.3 Å². The molecule has 0 aromatic carbocycles. The Labute approximate surface area is 108 Å². The molecule has 0 spiro atoms.